The quantitative estimate of drug-likeness (QED) is 0.183. The van der Waals surface area contributed by atoms with Crippen molar-refractivity contribution < 1.29 is 24.2 Å². The first kappa shape index (κ1) is 23.4. The summed E-state index contributed by atoms with van der Waals surface area (Å²) >= 11 is 3.78. The van der Waals surface area contributed by atoms with E-state index in [-0.39, 0.29) is 34.3 Å². The average Bonchev–Trinajstić information content (AvgIpc) is 3.03. The van der Waals surface area contributed by atoms with Gasteiger partial charge in [-0.25, -0.2) is 0 Å². The maximum atomic E-state index is 11.6. The van der Waals surface area contributed by atoms with Gasteiger partial charge in [0.25, 0.3) is 0 Å². The van der Waals surface area contributed by atoms with Crippen LogP contribution in [0.25, 0.3) is 0 Å². The Morgan fingerprint density at radius 3 is 2.84 bits per heavy atom. The van der Waals surface area contributed by atoms with Crippen LogP contribution < -0.4 is 0 Å². The molecule has 0 heterocycles. The number of ether oxygens (including phenoxy) is 2. The number of aliphatic hydroxyl groups excluding tert-OH is 1. The summed E-state index contributed by atoms with van der Waals surface area (Å²) in [7, 11) is 0. The molecule has 0 aromatic carbocycles. The minimum atomic E-state index is -0.428. The second kappa shape index (κ2) is 9.64. The lowest BCUT2D eigenvalue weighted by Crippen LogP contribution is -2.52. The fraction of sp³-hybridized carbons (Fsp3) is 0.840. The first-order valence-electron chi connectivity index (χ1n) is 12.1. The van der Waals surface area contributed by atoms with Crippen molar-refractivity contribution in [1.82, 2.24) is 0 Å². The molecule has 0 aliphatic heterocycles. The highest BCUT2D eigenvalue weighted by Crippen LogP contribution is 2.62. The molecule has 0 aromatic rings. The van der Waals surface area contributed by atoms with Gasteiger partial charge >= 0.3 is 5.97 Å². The van der Waals surface area contributed by atoms with Gasteiger partial charge in [-0.3, -0.25) is 4.79 Å². The van der Waals surface area contributed by atoms with Crippen LogP contribution in [0.3, 0.4) is 0 Å². The molecule has 0 amide bonds. The van der Waals surface area contributed by atoms with Gasteiger partial charge in [0, 0.05) is 25.9 Å². The van der Waals surface area contributed by atoms with Crippen molar-refractivity contribution in [1.29, 1.82) is 0 Å². The summed E-state index contributed by atoms with van der Waals surface area (Å²) in [6.45, 7) is 4.62. The van der Waals surface area contributed by atoms with Crippen LogP contribution in [0.2, 0.25) is 0 Å². The van der Waals surface area contributed by atoms with Crippen molar-refractivity contribution in [3.8, 4) is 0 Å². The number of alkyl halides is 1. The molecule has 0 spiro atoms. The van der Waals surface area contributed by atoms with Crippen LogP contribution >= 0.6 is 15.9 Å². The van der Waals surface area contributed by atoms with Crippen LogP contribution in [-0.2, 0) is 19.1 Å². The lowest BCUT2D eigenvalue weighted by molar-refractivity contribution is -0.150. The van der Waals surface area contributed by atoms with Crippen molar-refractivity contribution >= 4 is 28.2 Å². The second-order valence-electron chi connectivity index (χ2n) is 10.4. The smallest absolute Gasteiger partial charge is 0.302 e. The first-order valence-corrected chi connectivity index (χ1v) is 13.0. The van der Waals surface area contributed by atoms with Gasteiger partial charge in [-0.05, 0) is 74.5 Å². The molecule has 5 nitrogen and oxygen atoms in total. The molecule has 0 radical (unpaired) electrons. The fourth-order valence-corrected chi connectivity index (χ4v) is 8.21. The van der Waals surface area contributed by atoms with E-state index < -0.39 is 6.10 Å². The minimum absolute atomic E-state index is 0.0721. The zero-order valence-electron chi connectivity index (χ0n) is 18.8. The molecule has 0 aromatic heterocycles. The average molecular weight is 497 g/mol. The van der Waals surface area contributed by atoms with E-state index in [1.807, 2.05) is 0 Å². The molecule has 3 unspecified atom stereocenters. The molecule has 4 aliphatic rings. The van der Waals surface area contributed by atoms with Gasteiger partial charge in [-0.1, -0.05) is 34.5 Å². The molecule has 3 saturated carbocycles. The number of hydrogen-bond acceptors (Lipinski definition) is 5. The van der Waals surface area contributed by atoms with E-state index in [1.54, 1.807) is 0 Å². The molecule has 1 N–H and O–H groups in total. The number of fused-ring (bicyclic) bond motifs is 5. The summed E-state index contributed by atoms with van der Waals surface area (Å²) in [5.41, 5.74) is 1.52. The van der Waals surface area contributed by atoms with E-state index in [2.05, 4.69) is 28.9 Å². The third-order valence-corrected chi connectivity index (χ3v) is 9.61. The first-order chi connectivity index (χ1) is 14.8. The van der Waals surface area contributed by atoms with E-state index in [4.69, 9.17) is 9.47 Å². The normalized spacial score (nSPS) is 43.9. The number of unbranched alkanes of at least 4 members (excludes halogenated alkanes) is 2. The Kier molecular flexibility index (Phi) is 7.29. The molecule has 174 valence electrons. The summed E-state index contributed by atoms with van der Waals surface area (Å²) in [4.78, 5) is 22.3. The number of rotatable bonds is 7. The minimum Gasteiger partial charge on any atom is -0.461 e. The van der Waals surface area contributed by atoms with Gasteiger partial charge in [0.1, 0.15) is 12.4 Å². The van der Waals surface area contributed by atoms with Crippen molar-refractivity contribution in [3.05, 3.63) is 11.6 Å². The Bertz CT molecular complexity index is 708. The monoisotopic (exact) mass is 496 g/mol. The Morgan fingerprint density at radius 2 is 2.10 bits per heavy atom. The Labute approximate surface area is 194 Å². The number of aldehydes is 1. The zero-order valence-corrected chi connectivity index (χ0v) is 20.4. The summed E-state index contributed by atoms with van der Waals surface area (Å²) in [5, 5.41) is 11.2. The van der Waals surface area contributed by atoms with E-state index in [1.165, 1.54) is 12.5 Å². The van der Waals surface area contributed by atoms with E-state index in [9.17, 15) is 14.7 Å². The maximum Gasteiger partial charge on any atom is 0.302 e. The molecular weight excluding hydrogens is 460 g/mol. The highest BCUT2D eigenvalue weighted by molar-refractivity contribution is 9.09. The largest absolute Gasteiger partial charge is 0.461 e. The Hall–Kier alpha value is -0.720. The van der Waals surface area contributed by atoms with Crippen LogP contribution in [0.15, 0.2) is 11.6 Å². The van der Waals surface area contributed by atoms with Gasteiger partial charge < -0.3 is 19.4 Å². The number of halogens is 1. The summed E-state index contributed by atoms with van der Waals surface area (Å²) in [6, 6.07) is 0. The topological polar surface area (TPSA) is 72.8 Å². The second-order valence-corrected chi connectivity index (χ2v) is 11.6. The molecule has 0 bridgehead atoms. The molecule has 3 fully saturated rings. The molecule has 4 rings (SSSR count). The number of hydrogen-bond donors (Lipinski definition) is 1. The van der Waals surface area contributed by atoms with E-state index in [0.29, 0.717) is 30.8 Å². The van der Waals surface area contributed by atoms with E-state index in [0.717, 1.165) is 57.7 Å². The van der Waals surface area contributed by atoms with Crippen molar-refractivity contribution in [2.45, 2.75) is 94.8 Å². The van der Waals surface area contributed by atoms with Gasteiger partial charge in [-0.2, -0.15) is 0 Å². The van der Waals surface area contributed by atoms with Crippen molar-refractivity contribution in [3.63, 3.8) is 0 Å². The zero-order chi connectivity index (χ0) is 22.2. The van der Waals surface area contributed by atoms with Crippen molar-refractivity contribution in [2.24, 2.45) is 29.1 Å². The Morgan fingerprint density at radius 1 is 1.29 bits per heavy atom. The maximum absolute atomic E-state index is 11.6. The summed E-state index contributed by atoms with van der Waals surface area (Å²) < 4.78 is 11.8. The Balaban J connectivity index is 1.45. The van der Waals surface area contributed by atoms with Crippen LogP contribution in [0.5, 0.6) is 0 Å². The van der Waals surface area contributed by atoms with Crippen LogP contribution in [0.4, 0.5) is 0 Å². The molecule has 9 atom stereocenters. The van der Waals surface area contributed by atoms with Crippen LogP contribution in [-0.4, -0.2) is 47.1 Å². The van der Waals surface area contributed by atoms with Crippen LogP contribution in [0, 0.1) is 29.1 Å². The summed E-state index contributed by atoms with van der Waals surface area (Å²) in [6.07, 6.45) is 11.5. The highest BCUT2D eigenvalue weighted by atomic mass is 79.9. The highest BCUT2D eigenvalue weighted by Gasteiger charge is 2.59. The predicted octanol–water partition coefficient (Wildman–Crippen LogP) is 4.59. The fourth-order valence-electron chi connectivity index (χ4n) is 7.28. The lowest BCUT2D eigenvalue weighted by Gasteiger charge is -2.56. The van der Waals surface area contributed by atoms with E-state index >= 15 is 0 Å². The number of aliphatic hydroxyl groups is 1. The van der Waals surface area contributed by atoms with Gasteiger partial charge in [-0.15, -0.1) is 0 Å². The third kappa shape index (κ3) is 4.54. The molecule has 6 heteroatoms. The summed E-state index contributed by atoms with van der Waals surface area (Å²) in [5.74, 6) is 1.25. The predicted molar refractivity (Wildman–Crippen MR) is 122 cm³/mol. The van der Waals surface area contributed by atoms with Gasteiger partial charge in [0.05, 0.1) is 17.0 Å². The third-order valence-electron chi connectivity index (χ3n) is 8.72. The number of carbonyl (C=O) groups excluding carboxylic acids is 2. The number of carbonyl (C=O) groups is 2. The van der Waals surface area contributed by atoms with Gasteiger partial charge in [0.2, 0.25) is 0 Å². The number of esters is 1. The van der Waals surface area contributed by atoms with Gasteiger partial charge in [0.15, 0.2) is 0 Å². The molecular formula is C25H37BrO5. The molecule has 31 heavy (non-hydrogen) atoms. The SMILES string of the molecule is CC(=O)O[C@H]1[C@H](Br)CC2C3C(CC[C@@H]21)[C@@]1(C)CC[C@H](OCCCCC=O)CC1=C[C@@H]3O. The molecule has 0 saturated heterocycles. The standard InChI is InChI=1S/C25H37BrO5/c1-15(28)31-24-18-6-7-20-23(19(18)14-21(24)26)22(29)13-16-12-17(8-9-25(16,20)2)30-11-5-3-4-10-27/h10,13,17-24,29H,3-9,11-12,14H2,1-2H3/t17-,18-,19?,20?,21+,22-,23?,24+,25-/m0/s1. The molecule has 4 aliphatic carbocycles. The lowest BCUT2D eigenvalue weighted by atomic mass is 9.50. The van der Waals surface area contributed by atoms with Crippen LogP contribution in [0.1, 0.15) is 71.6 Å². The van der Waals surface area contributed by atoms with Crippen molar-refractivity contribution in [2.75, 3.05) is 6.61 Å².